The molecule has 0 bridgehead atoms. The molecule has 0 N–H and O–H groups in total. The van der Waals surface area contributed by atoms with Crippen LogP contribution in [0.15, 0.2) is 24.3 Å². The summed E-state index contributed by atoms with van der Waals surface area (Å²) in [6, 6.07) is 5.53. The van der Waals surface area contributed by atoms with Crippen LogP contribution in [-0.4, -0.2) is 23.1 Å². The van der Waals surface area contributed by atoms with Crippen molar-refractivity contribution in [1.29, 1.82) is 0 Å². The molecule has 2 aromatic rings. The van der Waals surface area contributed by atoms with E-state index in [-0.39, 0.29) is 6.61 Å². The molecule has 0 saturated carbocycles. The molecule has 0 spiro atoms. The Morgan fingerprint density at radius 2 is 1.87 bits per heavy atom. The summed E-state index contributed by atoms with van der Waals surface area (Å²) in [4.78, 5) is 11.1. The summed E-state index contributed by atoms with van der Waals surface area (Å²) in [5.41, 5.74) is 1.46. The van der Waals surface area contributed by atoms with Crippen LogP contribution in [0.2, 0.25) is 0 Å². The van der Waals surface area contributed by atoms with E-state index in [9.17, 15) is 8.78 Å². The molecule has 0 radical (unpaired) electrons. The summed E-state index contributed by atoms with van der Waals surface area (Å²) in [5, 5.41) is 0. The summed E-state index contributed by atoms with van der Waals surface area (Å²) in [5.74, 6) is -0.591. The second-order valence-electron chi connectivity index (χ2n) is 5.58. The van der Waals surface area contributed by atoms with Crippen molar-refractivity contribution in [3.05, 3.63) is 47.2 Å². The quantitative estimate of drug-likeness (QED) is 0.845. The van der Waals surface area contributed by atoms with E-state index >= 15 is 0 Å². The zero-order valence-electron chi connectivity index (χ0n) is 13.1. The normalized spacial score (nSPS) is 14.3. The Hall–Kier alpha value is -2.24. The van der Waals surface area contributed by atoms with E-state index < -0.39 is 11.6 Å². The minimum atomic E-state index is -0.874. The molecule has 0 atom stereocenters. The van der Waals surface area contributed by atoms with Gasteiger partial charge in [0.15, 0.2) is 11.6 Å². The molecule has 1 fully saturated rings. The Morgan fingerprint density at radius 3 is 2.57 bits per heavy atom. The fourth-order valence-electron chi connectivity index (χ4n) is 2.56. The molecule has 122 valence electrons. The van der Waals surface area contributed by atoms with Crippen LogP contribution in [0.25, 0.3) is 0 Å². The highest BCUT2D eigenvalue weighted by Crippen LogP contribution is 2.21. The molecule has 0 amide bonds. The van der Waals surface area contributed by atoms with Gasteiger partial charge in [0.2, 0.25) is 11.8 Å². The Kier molecular flexibility index (Phi) is 4.69. The van der Waals surface area contributed by atoms with Gasteiger partial charge >= 0.3 is 0 Å². The fraction of sp³-hybridized carbons (Fsp3) is 0.412. The first-order valence-corrected chi connectivity index (χ1v) is 7.85. The van der Waals surface area contributed by atoms with Gasteiger partial charge in [-0.3, -0.25) is 0 Å². The number of ether oxygens (including phenoxy) is 1. The number of aromatic nitrogens is 2. The molecule has 0 unspecified atom stereocenters. The maximum Gasteiger partial charge on any atom is 0.228 e. The summed E-state index contributed by atoms with van der Waals surface area (Å²) in [6.45, 7) is 4.07. The molecule has 1 aromatic heterocycles. The number of benzene rings is 1. The van der Waals surface area contributed by atoms with Crippen molar-refractivity contribution in [1.82, 2.24) is 9.97 Å². The number of aryl methyl sites for hydroxylation is 1. The maximum atomic E-state index is 13.2. The second kappa shape index (κ2) is 6.89. The van der Waals surface area contributed by atoms with Crippen molar-refractivity contribution in [2.45, 2.75) is 32.8 Å². The minimum absolute atomic E-state index is 0.136. The first-order valence-electron chi connectivity index (χ1n) is 7.85. The summed E-state index contributed by atoms with van der Waals surface area (Å²) in [6.07, 6.45) is 3.07. The predicted octanol–water partition coefficient (Wildman–Crippen LogP) is 3.50. The van der Waals surface area contributed by atoms with Crippen LogP contribution in [0.5, 0.6) is 5.88 Å². The second-order valence-corrected chi connectivity index (χ2v) is 5.58. The van der Waals surface area contributed by atoms with Gasteiger partial charge in [0.25, 0.3) is 0 Å². The number of rotatable bonds is 5. The number of hydrogen-bond donors (Lipinski definition) is 0. The van der Waals surface area contributed by atoms with Gasteiger partial charge in [-0.1, -0.05) is 13.0 Å². The van der Waals surface area contributed by atoms with Crippen LogP contribution in [0.4, 0.5) is 14.7 Å². The van der Waals surface area contributed by atoms with Gasteiger partial charge in [0.1, 0.15) is 6.61 Å². The zero-order valence-corrected chi connectivity index (χ0v) is 13.1. The van der Waals surface area contributed by atoms with E-state index in [0.29, 0.717) is 17.4 Å². The van der Waals surface area contributed by atoms with Gasteiger partial charge in [-0.25, -0.2) is 13.8 Å². The number of halogens is 2. The Balaban J connectivity index is 1.75. The third-order valence-corrected chi connectivity index (χ3v) is 3.87. The largest absolute Gasteiger partial charge is 0.473 e. The highest BCUT2D eigenvalue weighted by molar-refractivity contribution is 5.35. The Labute approximate surface area is 134 Å². The highest BCUT2D eigenvalue weighted by atomic mass is 19.2. The average molecular weight is 319 g/mol. The topological polar surface area (TPSA) is 38.2 Å². The lowest BCUT2D eigenvalue weighted by atomic mass is 10.2. The monoisotopic (exact) mass is 319 g/mol. The molecule has 1 aromatic carbocycles. The van der Waals surface area contributed by atoms with E-state index in [1.54, 1.807) is 6.07 Å². The molecule has 1 aliphatic rings. The molecule has 1 aliphatic heterocycles. The number of anilines is 1. The lowest BCUT2D eigenvalue weighted by Gasteiger charge is -2.17. The first-order chi connectivity index (χ1) is 11.2. The third-order valence-electron chi connectivity index (χ3n) is 3.87. The van der Waals surface area contributed by atoms with Gasteiger partial charge in [0, 0.05) is 24.8 Å². The average Bonchev–Trinajstić information content (AvgIpc) is 3.10. The van der Waals surface area contributed by atoms with Crippen molar-refractivity contribution < 1.29 is 13.5 Å². The van der Waals surface area contributed by atoms with Gasteiger partial charge in [-0.05, 0) is 37.0 Å². The molecule has 23 heavy (non-hydrogen) atoms. The molecule has 0 aliphatic carbocycles. The van der Waals surface area contributed by atoms with Crippen LogP contribution < -0.4 is 9.64 Å². The van der Waals surface area contributed by atoms with Gasteiger partial charge in [-0.2, -0.15) is 4.98 Å². The number of nitrogens with zero attached hydrogens (tertiary/aromatic N) is 3. The SMILES string of the molecule is CCc1cc(OCc2ccc(F)c(F)c2)nc(N2CCCC2)n1. The standard InChI is InChI=1S/C17H19F2N3O/c1-2-13-10-16(21-17(20-13)22-7-3-4-8-22)23-11-12-5-6-14(18)15(19)9-12/h5-6,9-10H,2-4,7-8,11H2,1H3. The molecule has 2 heterocycles. The predicted molar refractivity (Wildman–Crippen MR) is 83.5 cm³/mol. The molecule has 4 nitrogen and oxygen atoms in total. The van der Waals surface area contributed by atoms with Crippen molar-refractivity contribution in [3.8, 4) is 5.88 Å². The van der Waals surface area contributed by atoms with Crippen LogP contribution in [0.3, 0.4) is 0 Å². The molecule has 6 heteroatoms. The lowest BCUT2D eigenvalue weighted by molar-refractivity contribution is 0.292. The van der Waals surface area contributed by atoms with E-state index in [2.05, 4.69) is 14.9 Å². The number of hydrogen-bond acceptors (Lipinski definition) is 4. The Morgan fingerprint density at radius 1 is 1.09 bits per heavy atom. The molecular formula is C17H19F2N3O. The van der Waals surface area contributed by atoms with Crippen LogP contribution in [-0.2, 0) is 13.0 Å². The minimum Gasteiger partial charge on any atom is -0.473 e. The van der Waals surface area contributed by atoms with E-state index in [1.807, 2.05) is 6.92 Å². The summed E-state index contributed by atoms with van der Waals surface area (Å²) in [7, 11) is 0. The molecule has 3 rings (SSSR count). The van der Waals surface area contributed by atoms with E-state index in [4.69, 9.17) is 4.74 Å². The lowest BCUT2D eigenvalue weighted by Crippen LogP contribution is -2.21. The summed E-state index contributed by atoms with van der Waals surface area (Å²) < 4.78 is 31.8. The fourth-order valence-corrected chi connectivity index (χ4v) is 2.56. The van der Waals surface area contributed by atoms with Crippen molar-refractivity contribution in [2.24, 2.45) is 0 Å². The molecular weight excluding hydrogens is 300 g/mol. The van der Waals surface area contributed by atoms with E-state index in [0.717, 1.165) is 50.2 Å². The van der Waals surface area contributed by atoms with Crippen LogP contribution >= 0.6 is 0 Å². The van der Waals surface area contributed by atoms with Crippen molar-refractivity contribution >= 4 is 5.95 Å². The zero-order chi connectivity index (χ0) is 16.2. The van der Waals surface area contributed by atoms with Gasteiger partial charge < -0.3 is 9.64 Å². The Bertz CT molecular complexity index is 688. The summed E-state index contributed by atoms with van der Waals surface area (Å²) >= 11 is 0. The van der Waals surface area contributed by atoms with Gasteiger partial charge in [0.05, 0.1) is 0 Å². The maximum absolute atomic E-state index is 13.2. The van der Waals surface area contributed by atoms with Crippen LogP contribution in [0, 0.1) is 11.6 Å². The van der Waals surface area contributed by atoms with Crippen molar-refractivity contribution in [3.63, 3.8) is 0 Å². The van der Waals surface area contributed by atoms with E-state index in [1.165, 1.54) is 6.07 Å². The van der Waals surface area contributed by atoms with Gasteiger partial charge in [-0.15, -0.1) is 0 Å². The third kappa shape index (κ3) is 3.75. The first kappa shape index (κ1) is 15.6. The molecule has 1 saturated heterocycles. The smallest absolute Gasteiger partial charge is 0.228 e. The van der Waals surface area contributed by atoms with Crippen molar-refractivity contribution in [2.75, 3.05) is 18.0 Å². The van der Waals surface area contributed by atoms with Crippen LogP contribution in [0.1, 0.15) is 31.0 Å². The highest BCUT2D eigenvalue weighted by Gasteiger charge is 2.16.